The van der Waals surface area contributed by atoms with Gasteiger partial charge in [-0.3, -0.25) is 4.79 Å². The highest BCUT2D eigenvalue weighted by atomic mass is 16.3. The normalized spacial score (nSPS) is 12.6. The summed E-state index contributed by atoms with van der Waals surface area (Å²) in [5.41, 5.74) is 2.27. The number of aliphatic hydroxyl groups is 1. The molecule has 1 amide bonds. The van der Waals surface area contributed by atoms with Gasteiger partial charge in [-0.25, -0.2) is 4.98 Å². The number of rotatable bonds is 4. The molecule has 3 N–H and O–H groups in total. The van der Waals surface area contributed by atoms with Crippen LogP contribution >= 0.6 is 0 Å². The van der Waals surface area contributed by atoms with Crippen LogP contribution in [0.5, 0.6) is 0 Å². The molecule has 5 nitrogen and oxygen atoms in total. The van der Waals surface area contributed by atoms with E-state index < -0.39 is 0 Å². The maximum atomic E-state index is 11.8. The number of hydrogen-bond acceptors (Lipinski definition) is 3. The number of carbonyl (C=O) groups is 1. The van der Waals surface area contributed by atoms with Crippen molar-refractivity contribution >= 4 is 16.9 Å². The van der Waals surface area contributed by atoms with Gasteiger partial charge in [0, 0.05) is 18.7 Å². The molecule has 1 aromatic carbocycles. The van der Waals surface area contributed by atoms with Crippen molar-refractivity contribution < 1.29 is 9.90 Å². The van der Waals surface area contributed by atoms with Gasteiger partial charge in [0.25, 0.3) is 5.91 Å². The standard InChI is InChI=1S/C12H15N3O2/c1-8(6-16)5-13-12(17)9-2-3-10-11(4-9)15-7-14-10/h2-4,7-8,16H,5-6H2,1H3,(H,13,17)(H,14,15). The van der Waals surface area contributed by atoms with Crippen molar-refractivity contribution in [2.24, 2.45) is 5.92 Å². The molecular formula is C12H15N3O2. The predicted octanol–water partition coefficient (Wildman–Crippen LogP) is 0.921. The first-order valence-electron chi connectivity index (χ1n) is 5.53. The summed E-state index contributed by atoms with van der Waals surface area (Å²) in [6.07, 6.45) is 1.60. The van der Waals surface area contributed by atoms with Crippen LogP contribution in [0.3, 0.4) is 0 Å². The number of hydrogen-bond donors (Lipinski definition) is 3. The third-order valence-corrected chi connectivity index (χ3v) is 2.61. The number of benzene rings is 1. The maximum absolute atomic E-state index is 11.8. The van der Waals surface area contributed by atoms with E-state index in [2.05, 4.69) is 15.3 Å². The maximum Gasteiger partial charge on any atom is 0.251 e. The summed E-state index contributed by atoms with van der Waals surface area (Å²) < 4.78 is 0. The van der Waals surface area contributed by atoms with Gasteiger partial charge in [-0.15, -0.1) is 0 Å². The number of amides is 1. The predicted molar refractivity (Wildman–Crippen MR) is 64.7 cm³/mol. The quantitative estimate of drug-likeness (QED) is 0.734. The van der Waals surface area contributed by atoms with Crippen molar-refractivity contribution in [2.75, 3.05) is 13.2 Å². The summed E-state index contributed by atoms with van der Waals surface area (Å²) in [6, 6.07) is 5.31. The van der Waals surface area contributed by atoms with E-state index in [9.17, 15) is 4.79 Å². The molecule has 5 heteroatoms. The topological polar surface area (TPSA) is 78.0 Å². The van der Waals surface area contributed by atoms with Crippen LogP contribution in [0.1, 0.15) is 17.3 Å². The van der Waals surface area contributed by atoms with E-state index >= 15 is 0 Å². The fourth-order valence-electron chi connectivity index (χ4n) is 1.51. The number of fused-ring (bicyclic) bond motifs is 1. The second kappa shape index (κ2) is 4.97. The van der Waals surface area contributed by atoms with Gasteiger partial charge in [-0.2, -0.15) is 0 Å². The van der Waals surface area contributed by atoms with Gasteiger partial charge in [0.05, 0.1) is 17.4 Å². The summed E-state index contributed by atoms with van der Waals surface area (Å²) in [6.45, 7) is 2.41. The Morgan fingerprint density at radius 2 is 2.41 bits per heavy atom. The first-order chi connectivity index (χ1) is 8.20. The van der Waals surface area contributed by atoms with Gasteiger partial charge < -0.3 is 15.4 Å². The number of nitrogens with one attached hydrogen (secondary N) is 2. The first-order valence-corrected chi connectivity index (χ1v) is 5.53. The largest absolute Gasteiger partial charge is 0.396 e. The van der Waals surface area contributed by atoms with E-state index in [1.807, 2.05) is 6.92 Å². The number of aromatic nitrogens is 2. The minimum atomic E-state index is -0.137. The summed E-state index contributed by atoms with van der Waals surface area (Å²) in [5.74, 6) is -0.0726. The zero-order valence-corrected chi connectivity index (χ0v) is 9.60. The monoisotopic (exact) mass is 233 g/mol. The van der Waals surface area contributed by atoms with E-state index in [0.29, 0.717) is 12.1 Å². The Kier molecular flexibility index (Phi) is 3.39. The van der Waals surface area contributed by atoms with Crippen LogP contribution in [0.25, 0.3) is 11.0 Å². The lowest BCUT2D eigenvalue weighted by atomic mass is 10.1. The number of aromatic amines is 1. The zero-order chi connectivity index (χ0) is 12.3. The Balaban J connectivity index is 2.08. The number of carbonyl (C=O) groups excluding carboxylic acids is 1. The van der Waals surface area contributed by atoms with Gasteiger partial charge >= 0.3 is 0 Å². The van der Waals surface area contributed by atoms with Crippen molar-refractivity contribution in [1.82, 2.24) is 15.3 Å². The number of aliphatic hydroxyl groups excluding tert-OH is 1. The highest BCUT2D eigenvalue weighted by Crippen LogP contribution is 2.11. The van der Waals surface area contributed by atoms with Crippen molar-refractivity contribution in [1.29, 1.82) is 0 Å². The molecule has 0 fully saturated rings. The second-order valence-electron chi connectivity index (χ2n) is 4.13. The van der Waals surface area contributed by atoms with Crippen LogP contribution < -0.4 is 5.32 Å². The average molecular weight is 233 g/mol. The van der Waals surface area contributed by atoms with Gasteiger partial charge in [-0.1, -0.05) is 6.92 Å². The van der Waals surface area contributed by atoms with Crippen molar-refractivity contribution in [2.45, 2.75) is 6.92 Å². The number of H-pyrrole nitrogens is 1. The first kappa shape index (κ1) is 11.6. The van der Waals surface area contributed by atoms with E-state index in [0.717, 1.165) is 11.0 Å². The molecule has 1 atom stereocenters. The average Bonchev–Trinajstić information content (AvgIpc) is 2.82. The van der Waals surface area contributed by atoms with E-state index in [1.54, 1.807) is 24.5 Å². The van der Waals surface area contributed by atoms with Crippen LogP contribution in [0.2, 0.25) is 0 Å². The third-order valence-electron chi connectivity index (χ3n) is 2.61. The Morgan fingerprint density at radius 3 is 3.18 bits per heavy atom. The zero-order valence-electron chi connectivity index (χ0n) is 9.60. The summed E-state index contributed by atoms with van der Waals surface area (Å²) in [7, 11) is 0. The van der Waals surface area contributed by atoms with E-state index in [1.165, 1.54) is 0 Å². The molecule has 2 rings (SSSR count). The highest BCUT2D eigenvalue weighted by molar-refractivity contribution is 5.97. The van der Waals surface area contributed by atoms with Crippen molar-refractivity contribution in [3.8, 4) is 0 Å². The minimum absolute atomic E-state index is 0.0647. The van der Waals surface area contributed by atoms with Crippen LogP contribution in [0, 0.1) is 5.92 Å². The van der Waals surface area contributed by atoms with Crippen molar-refractivity contribution in [3.63, 3.8) is 0 Å². The van der Waals surface area contributed by atoms with Gasteiger partial charge in [0.2, 0.25) is 0 Å². The molecule has 90 valence electrons. The van der Waals surface area contributed by atoms with Gasteiger partial charge in [0.15, 0.2) is 0 Å². The van der Waals surface area contributed by atoms with Gasteiger partial charge in [0.1, 0.15) is 0 Å². The Hall–Kier alpha value is -1.88. The van der Waals surface area contributed by atoms with Crippen LogP contribution in [0.4, 0.5) is 0 Å². The molecule has 1 heterocycles. The van der Waals surface area contributed by atoms with E-state index in [-0.39, 0.29) is 18.4 Å². The van der Waals surface area contributed by atoms with Crippen LogP contribution in [-0.2, 0) is 0 Å². The summed E-state index contributed by atoms with van der Waals surface area (Å²) in [4.78, 5) is 18.8. The highest BCUT2D eigenvalue weighted by Gasteiger charge is 2.08. The minimum Gasteiger partial charge on any atom is -0.396 e. The fourth-order valence-corrected chi connectivity index (χ4v) is 1.51. The Morgan fingerprint density at radius 1 is 1.59 bits per heavy atom. The number of imidazole rings is 1. The SMILES string of the molecule is CC(CO)CNC(=O)c1ccc2nc[nH]c2c1. The Labute approximate surface area is 98.9 Å². The van der Waals surface area contributed by atoms with E-state index in [4.69, 9.17) is 5.11 Å². The lowest BCUT2D eigenvalue weighted by molar-refractivity contribution is 0.0942. The smallest absolute Gasteiger partial charge is 0.251 e. The molecule has 0 aliphatic heterocycles. The molecule has 0 spiro atoms. The van der Waals surface area contributed by atoms with Crippen molar-refractivity contribution in [3.05, 3.63) is 30.1 Å². The fraction of sp³-hybridized carbons (Fsp3) is 0.333. The lowest BCUT2D eigenvalue weighted by Gasteiger charge is -2.09. The molecule has 0 bridgehead atoms. The molecule has 0 saturated carbocycles. The van der Waals surface area contributed by atoms with Crippen LogP contribution in [0.15, 0.2) is 24.5 Å². The molecule has 1 unspecified atom stereocenters. The number of nitrogens with zero attached hydrogens (tertiary/aromatic N) is 1. The summed E-state index contributed by atoms with van der Waals surface area (Å²) >= 11 is 0. The second-order valence-corrected chi connectivity index (χ2v) is 4.13. The molecule has 2 aromatic rings. The molecule has 0 aliphatic carbocycles. The Bertz CT molecular complexity index is 521. The molecule has 17 heavy (non-hydrogen) atoms. The summed E-state index contributed by atoms with van der Waals surface area (Å²) in [5, 5.41) is 11.6. The molecular weight excluding hydrogens is 218 g/mol. The lowest BCUT2D eigenvalue weighted by Crippen LogP contribution is -2.29. The molecule has 1 aromatic heterocycles. The van der Waals surface area contributed by atoms with Gasteiger partial charge in [-0.05, 0) is 24.1 Å². The molecule has 0 aliphatic rings. The third kappa shape index (κ3) is 2.62. The molecule has 0 saturated heterocycles. The van der Waals surface area contributed by atoms with Crippen LogP contribution in [-0.4, -0.2) is 34.1 Å². The molecule has 0 radical (unpaired) electrons.